The summed E-state index contributed by atoms with van der Waals surface area (Å²) in [5.74, 6) is 0.110. The van der Waals surface area contributed by atoms with Gasteiger partial charge in [0, 0.05) is 41.4 Å². The number of carbonyl (C=O) groups is 2. The van der Waals surface area contributed by atoms with Crippen LogP contribution >= 0.6 is 0 Å². The van der Waals surface area contributed by atoms with E-state index in [1.54, 1.807) is 19.9 Å². The number of carbonyl (C=O) groups excluding carboxylic acids is 2. The molecule has 3 aromatic rings. The van der Waals surface area contributed by atoms with E-state index in [9.17, 15) is 19.7 Å². The van der Waals surface area contributed by atoms with Gasteiger partial charge in [-0.1, -0.05) is 5.16 Å². The van der Waals surface area contributed by atoms with Gasteiger partial charge in [0.1, 0.15) is 5.76 Å². The highest BCUT2D eigenvalue weighted by molar-refractivity contribution is 5.95. The highest BCUT2D eigenvalue weighted by atomic mass is 16.6. The molecule has 166 valence electrons. The summed E-state index contributed by atoms with van der Waals surface area (Å²) < 4.78 is 12.0. The van der Waals surface area contributed by atoms with Crippen LogP contribution in [-0.2, 0) is 14.3 Å². The first-order valence-electron chi connectivity index (χ1n) is 9.68. The molecule has 1 N–H and O–H groups in total. The zero-order valence-corrected chi connectivity index (χ0v) is 18.0. The number of aromatic nitrogens is 2. The minimum absolute atomic E-state index is 0.0740. The molecule has 1 aromatic carbocycles. The summed E-state index contributed by atoms with van der Waals surface area (Å²) >= 11 is 0. The summed E-state index contributed by atoms with van der Waals surface area (Å²) in [5.41, 5.74) is 3.44. The summed E-state index contributed by atoms with van der Waals surface area (Å²) in [7, 11) is 0. The van der Waals surface area contributed by atoms with Crippen molar-refractivity contribution in [2.24, 2.45) is 0 Å². The van der Waals surface area contributed by atoms with Crippen molar-refractivity contribution in [3.63, 3.8) is 0 Å². The Balaban J connectivity index is 1.58. The Kier molecular flexibility index (Phi) is 6.53. The molecule has 1 amide bonds. The van der Waals surface area contributed by atoms with Crippen LogP contribution in [0.2, 0.25) is 0 Å². The lowest BCUT2D eigenvalue weighted by Gasteiger charge is -2.08. The Morgan fingerprint density at radius 2 is 1.97 bits per heavy atom. The van der Waals surface area contributed by atoms with Crippen molar-refractivity contribution in [1.82, 2.24) is 9.72 Å². The number of hydrogen-bond donors (Lipinski definition) is 1. The monoisotopic (exact) mass is 438 g/mol. The third-order valence-corrected chi connectivity index (χ3v) is 4.75. The lowest BCUT2D eigenvalue weighted by Crippen LogP contribution is -2.20. The molecule has 0 aliphatic heterocycles. The summed E-state index contributed by atoms with van der Waals surface area (Å²) in [6.45, 7) is 6.75. The van der Waals surface area contributed by atoms with E-state index in [2.05, 4.69) is 10.5 Å². The first-order chi connectivity index (χ1) is 15.2. The molecular weight excluding hydrogens is 416 g/mol. The Labute approximate surface area is 183 Å². The number of amides is 1. The number of ether oxygens (including phenoxy) is 1. The second-order valence-electron chi connectivity index (χ2n) is 7.20. The lowest BCUT2D eigenvalue weighted by molar-refractivity contribution is -0.384. The van der Waals surface area contributed by atoms with Crippen molar-refractivity contribution in [2.75, 3.05) is 11.9 Å². The van der Waals surface area contributed by atoms with E-state index in [0.717, 1.165) is 17.0 Å². The van der Waals surface area contributed by atoms with Crippen molar-refractivity contribution in [3.05, 3.63) is 74.8 Å². The molecule has 0 saturated heterocycles. The highest BCUT2D eigenvalue weighted by Crippen LogP contribution is 2.22. The molecule has 2 aromatic heterocycles. The van der Waals surface area contributed by atoms with Crippen LogP contribution in [0.3, 0.4) is 0 Å². The predicted molar refractivity (Wildman–Crippen MR) is 116 cm³/mol. The van der Waals surface area contributed by atoms with Crippen LogP contribution in [0.4, 0.5) is 11.4 Å². The van der Waals surface area contributed by atoms with E-state index in [1.165, 1.54) is 24.3 Å². The number of hydrogen-bond acceptors (Lipinski definition) is 7. The van der Waals surface area contributed by atoms with Gasteiger partial charge in [-0.25, -0.2) is 4.79 Å². The molecule has 0 bridgehead atoms. The molecule has 0 spiro atoms. The molecule has 3 rings (SSSR count). The van der Waals surface area contributed by atoms with Gasteiger partial charge in [0.25, 0.3) is 11.6 Å². The Morgan fingerprint density at radius 3 is 2.59 bits per heavy atom. The summed E-state index contributed by atoms with van der Waals surface area (Å²) in [6.07, 6.45) is 2.84. The van der Waals surface area contributed by atoms with E-state index in [4.69, 9.17) is 9.26 Å². The largest absolute Gasteiger partial charge is 0.452 e. The predicted octanol–water partition coefficient (Wildman–Crippen LogP) is 3.80. The van der Waals surface area contributed by atoms with Crippen molar-refractivity contribution < 1.29 is 23.8 Å². The van der Waals surface area contributed by atoms with Crippen LogP contribution in [0, 0.1) is 37.8 Å². The second kappa shape index (κ2) is 9.29. The van der Waals surface area contributed by atoms with Gasteiger partial charge in [0.05, 0.1) is 4.92 Å². The number of non-ortho nitro benzene ring substituents is 1. The lowest BCUT2D eigenvalue weighted by atomic mass is 10.2. The summed E-state index contributed by atoms with van der Waals surface area (Å²) in [4.78, 5) is 34.4. The zero-order chi connectivity index (χ0) is 23.4. The molecule has 10 heteroatoms. The molecule has 0 radical (unpaired) electrons. The molecule has 0 atom stereocenters. The maximum absolute atomic E-state index is 12.1. The smallest absolute Gasteiger partial charge is 0.331 e. The van der Waals surface area contributed by atoms with Gasteiger partial charge in [-0.2, -0.15) is 0 Å². The van der Waals surface area contributed by atoms with E-state index in [-0.39, 0.29) is 5.69 Å². The normalized spacial score (nSPS) is 11.0. The van der Waals surface area contributed by atoms with E-state index in [1.807, 2.05) is 30.5 Å². The fraction of sp³-hybridized carbons (Fsp3) is 0.227. The number of nitrogens with one attached hydrogen (secondary N) is 1. The van der Waals surface area contributed by atoms with Crippen molar-refractivity contribution in [1.29, 1.82) is 0 Å². The summed E-state index contributed by atoms with van der Waals surface area (Å²) in [6, 6.07) is 7.77. The average molecular weight is 438 g/mol. The van der Waals surface area contributed by atoms with Gasteiger partial charge in [-0.05, 0) is 57.0 Å². The number of benzene rings is 1. The number of nitro groups is 1. The van der Waals surface area contributed by atoms with Gasteiger partial charge >= 0.3 is 5.97 Å². The molecule has 2 heterocycles. The van der Waals surface area contributed by atoms with Crippen molar-refractivity contribution >= 4 is 29.3 Å². The highest BCUT2D eigenvalue weighted by Gasteiger charge is 2.14. The van der Waals surface area contributed by atoms with Crippen LogP contribution < -0.4 is 5.32 Å². The molecule has 0 fully saturated rings. The Hall–Kier alpha value is -4.21. The molecule has 32 heavy (non-hydrogen) atoms. The van der Waals surface area contributed by atoms with Crippen LogP contribution in [0.15, 0.2) is 40.9 Å². The number of nitro benzene ring substituents is 1. The van der Waals surface area contributed by atoms with Crippen LogP contribution in [0.25, 0.3) is 11.9 Å². The van der Waals surface area contributed by atoms with Crippen molar-refractivity contribution in [3.8, 4) is 5.82 Å². The summed E-state index contributed by atoms with van der Waals surface area (Å²) in [5, 5.41) is 17.4. The van der Waals surface area contributed by atoms with Gasteiger partial charge in [-0.3, -0.25) is 19.5 Å². The zero-order valence-electron chi connectivity index (χ0n) is 18.0. The van der Waals surface area contributed by atoms with E-state index in [0.29, 0.717) is 22.8 Å². The minimum Gasteiger partial charge on any atom is -0.452 e. The Bertz CT molecular complexity index is 1220. The van der Waals surface area contributed by atoms with Crippen LogP contribution in [0.5, 0.6) is 0 Å². The van der Waals surface area contributed by atoms with Crippen LogP contribution in [-0.4, -0.2) is 33.1 Å². The third-order valence-electron chi connectivity index (χ3n) is 4.75. The van der Waals surface area contributed by atoms with Crippen LogP contribution in [0.1, 0.15) is 28.3 Å². The van der Waals surface area contributed by atoms with E-state index >= 15 is 0 Å². The molecule has 10 nitrogen and oxygen atoms in total. The van der Waals surface area contributed by atoms with Gasteiger partial charge in [0.2, 0.25) is 0 Å². The van der Waals surface area contributed by atoms with Crippen molar-refractivity contribution in [2.45, 2.75) is 27.7 Å². The van der Waals surface area contributed by atoms with E-state index < -0.39 is 23.4 Å². The third kappa shape index (κ3) is 5.09. The topological polar surface area (TPSA) is 130 Å². The first kappa shape index (κ1) is 22.5. The number of aryl methyl sites for hydroxylation is 3. The van der Waals surface area contributed by atoms with Gasteiger partial charge in [-0.15, -0.1) is 0 Å². The molecule has 0 saturated carbocycles. The quantitative estimate of drug-likeness (QED) is 0.257. The minimum atomic E-state index is -0.678. The maximum atomic E-state index is 12.1. The fourth-order valence-electron chi connectivity index (χ4n) is 3.20. The average Bonchev–Trinajstić information content (AvgIpc) is 3.28. The molecular formula is C22H22N4O6. The number of anilines is 1. The molecule has 0 unspecified atom stereocenters. The van der Waals surface area contributed by atoms with Gasteiger partial charge in [0.15, 0.2) is 12.4 Å². The standard InChI is InChI=1S/C22H22N4O6/c1-13-9-18(26(29)30)6-7-19(13)23-21(27)12-31-22(28)8-5-17-10-14(2)25(16(17)4)20-11-15(3)32-24-20/h5-11H,12H2,1-4H3,(H,23,27)/b8-5+. The Morgan fingerprint density at radius 1 is 1.22 bits per heavy atom. The van der Waals surface area contributed by atoms with Gasteiger partial charge < -0.3 is 14.6 Å². The number of esters is 1. The fourth-order valence-corrected chi connectivity index (χ4v) is 3.20. The SMILES string of the molecule is Cc1cc(-n2c(C)cc(/C=C/C(=O)OCC(=O)Nc3ccc([N+](=O)[O-])cc3C)c2C)no1. The number of rotatable bonds is 7. The first-order valence-corrected chi connectivity index (χ1v) is 9.68. The molecule has 0 aliphatic rings. The maximum Gasteiger partial charge on any atom is 0.331 e. The molecule has 0 aliphatic carbocycles. The second-order valence-corrected chi connectivity index (χ2v) is 7.20. The number of nitrogens with zero attached hydrogens (tertiary/aromatic N) is 3.